The third kappa shape index (κ3) is 3.71. The molecule has 1 aromatic carbocycles. The van der Waals surface area contributed by atoms with E-state index in [0.717, 1.165) is 0 Å². The average Bonchev–Trinajstić information content (AvgIpc) is 2.43. The topological polar surface area (TPSA) is 80.9 Å². The first kappa shape index (κ1) is 15.7. The molecule has 1 amide bonds. The lowest BCUT2D eigenvalue weighted by Gasteiger charge is -2.10. The van der Waals surface area contributed by atoms with Gasteiger partial charge in [-0.2, -0.15) is 0 Å². The van der Waals surface area contributed by atoms with Crippen LogP contribution < -0.4 is 11.1 Å². The summed E-state index contributed by atoms with van der Waals surface area (Å²) in [6, 6.07) is 5.09. The smallest absolute Gasteiger partial charge is 0.276 e. The van der Waals surface area contributed by atoms with Gasteiger partial charge in [0.05, 0.1) is 16.9 Å². The van der Waals surface area contributed by atoms with E-state index in [4.69, 9.17) is 17.3 Å². The van der Waals surface area contributed by atoms with Gasteiger partial charge in [-0.3, -0.25) is 4.79 Å². The number of aromatic nitrogens is 2. The molecular weight excluding hydrogens is 356 g/mol. The van der Waals surface area contributed by atoms with Crippen molar-refractivity contribution in [1.29, 1.82) is 0 Å². The number of nitrogens with two attached hydrogens (primary N) is 1. The molecule has 0 bridgehead atoms. The Bertz CT molecular complexity index is 691. The van der Waals surface area contributed by atoms with E-state index in [1.807, 2.05) is 13.8 Å². The fourth-order valence-corrected chi connectivity index (χ4v) is 2.13. The molecule has 5 nitrogen and oxygen atoms in total. The zero-order chi connectivity index (χ0) is 15.6. The third-order valence-electron chi connectivity index (χ3n) is 2.74. The number of hydrogen-bond donors (Lipinski definition) is 2. The van der Waals surface area contributed by atoms with Gasteiger partial charge in [-0.15, -0.1) is 0 Å². The van der Waals surface area contributed by atoms with Gasteiger partial charge < -0.3 is 11.1 Å². The van der Waals surface area contributed by atoms with Crippen molar-refractivity contribution in [2.24, 2.45) is 0 Å². The monoisotopic (exact) mass is 368 g/mol. The molecule has 0 radical (unpaired) electrons. The predicted octanol–water partition coefficient (Wildman–Crippen LogP) is 3.85. The number of amides is 1. The average molecular weight is 370 g/mol. The van der Waals surface area contributed by atoms with Crippen molar-refractivity contribution < 1.29 is 4.79 Å². The molecule has 21 heavy (non-hydrogen) atoms. The standard InChI is InChI=1S/C14H14BrClN4O/c1-7(2)13-18-6-11(17)12(20-13)14(21)19-8-3-4-10(16)9(15)5-8/h3-7H,17H2,1-2H3,(H,19,21). The number of benzene rings is 1. The van der Waals surface area contributed by atoms with Gasteiger partial charge in [-0.05, 0) is 34.1 Å². The Morgan fingerprint density at radius 2 is 2.14 bits per heavy atom. The maximum Gasteiger partial charge on any atom is 0.276 e. The molecule has 0 saturated carbocycles. The summed E-state index contributed by atoms with van der Waals surface area (Å²) < 4.78 is 0.695. The van der Waals surface area contributed by atoms with Gasteiger partial charge >= 0.3 is 0 Å². The normalized spacial score (nSPS) is 10.7. The van der Waals surface area contributed by atoms with Crippen LogP contribution in [0.2, 0.25) is 5.02 Å². The van der Waals surface area contributed by atoms with Gasteiger partial charge in [0.2, 0.25) is 0 Å². The summed E-state index contributed by atoms with van der Waals surface area (Å²) in [5, 5.41) is 3.30. The first-order chi connectivity index (χ1) is 9.88. The molecular formula is C14H14BrClN4O. The lowest BCUT2D eigenvalue weighted by Crippen LogP contribution is -2.18. The quantitative estimate of drug-likeness (QED) is 0.861. The molecule has 0 unspecified atom stereocenters. The van der Waals surface area contributed by atoms with E-state index < -0.39 is 0 Å². The van der Waals surface area contributed by atoms with Crippen molar-refractivity contribution in [2.45, 2.75) is 19.8 Å². The lowest BCUT2D eigenvalue weighted by molar-refractivity contribution is 0.102. The number of halogens is 2. The Labute approximate surface area is 136 Å². The molecule has 1 aromatic heterocycles. The van der Waals surface area contributed by atoms with Crippen molar-refractivity contribution in [1.82, 2.24) is 9.97 Å². The Morgan fingerprint density at radius 3 is 2.76 bits per heavy atom. The number of anilines is 2. The van der Waals surface area contributed by atoms with Crippen LogP contribution in [0.5, 0.6) is 0 Å². The molecule has 2 aromatic rings. The van der Waals surface area contributed by atoms with E-state index in [9.17, 15) is 4.79 Å². The summed E-state index contributed by atoms with van der Waals surface area (Å²) in [7, 11) is 0. The molecule has 0 atom stereocenters. The molecule has 0 aliphatic carbocycles. The number of nitrogens with one attached hydrogen (secondary N) is 1. The molecule has 0 saturated heterocycles. The van der Waals surface area contributed by atoms with Gasteiger partial charge in [0.1, 0.15) is 5.82 Å². The van der Waals surface area contributed by atoms with Crippen molar-refractivity contribution in [3.05, 3.63) is 45.4 Å². The first-order valence-electron chi connectivity index (χ1n) is 6.27. The highest BCUT2D eigenvalue weighted by Gasteiger charge is 2.15. The molecule has 1 heterocycles. The second-order valence-corrected chi connectivity index (χ2v) is 6.03. The summed E-state index contributed by atoms with van der Waals surface area (Å²) in [5.41, 5.74) is 6.79. The fraction of sp³-hybridized carbons (Fsp3) is 0.214. The second kappa shape index (κ2) is 6.41. The van der Waals surface area contributed by atoms with Crippen LogP contribution >= 0.6 is 27.5 Å². The van der Waals surface area contributed by atoms with E-state index in [-0.39, 0.29) is 23.2 Å². The zero-order valence-electron chi connectivity index (χ0n) is 11.5. The molecule has 2 rings (SSSR count). The number of hydrogen-bond acceptors (Lipinski definition) is 4. The number of carbonyl (C=O) groups excluding carboxylic acids is 1. The van der Waals surface area contributed by atoms with Gasteiger partial charge in [0, 0.05) is 16.1 Å². The van der Waals surface area contributed by atoms with Gasteiger partial charge in [0.25, 0.3) is 5.91 Å². The van der Waals surface area contributed by atoms with Crippen LogP contribution in [0.15, 0.2) is 28.9 Å². The van der Waals surface area contributed by atoms with E-state index in [2.05, 4.69) is 31.2 Å². The van der Waals surface area contributed by atoms with Crippen LogP contribution in [0.3, 0.4) is 0 Å². The predicted molar refractivity (Wildman–Crippen MR) is 87.6 cm³/mol. The maximum atomic E-state index is 12.3. The SMILES string of the molecule is CC(C)c1ncc(N)c(C(=O)Nc2ccc(Cl)c(Br)c2)n1. The van der Waals surface area contributed by atoms with E-state index in [1.165, 1.54) is 6.20 Å². The molecule has 0 aliphatic rings. The minimum Gasteiger partial charge on any atom is -0.396 e. The Balaban J connectivity index is 2.27. The van der Waals surface area contributed by atoms with Gasteiger partial charge in [0.15, 0.2) is 5.69 Å². The van der Waals surface area contributed by atoms with E-state index >= 15 is 0 Å². The van der Waals surface area contributed by atoms with Gasteiger partial charge in [-0.1, -0.05) is 25.4 Å². The molecule has 3 N–H and O–H groups in total. The molecule has 0 spiro atoms. The van der Waals surface area contributed by atoms with Crippen molar-refractivity contribution in [2.75, 3.05) is 11.1 Å². The highest BCUT2D eigenvalue weighted by atomic mass is 79.9. The fourth-order valence-electron chi connectivity index (χ4n) is 1.63. The summed E-state index contributed by atoms with van der Waals surface area (Å²) in [4.78, 5) is 20.6. The summed E-state index contributed by atoms with van der Waals surface area (Å²) in [6.07, 6.45) is 1.45. The lowest BCUT2D eigenvalue weighted by atomic mass is 10.2. The van der Waals surface area contributed by atoms with Crippen molar-refractivity contribution >= 4 is 44.8 Å². The maximum absolute atomic E-state index is 12.3. The van der Waals surface area contributed by atoms with Crippen LogP contribution in [0.4, 0.5) is 11.4 Å². The van der Waals surface area contributed by atoms with Crippen LogP contribution in [-0.2, 0) is 0 Å². The third-order valence-corrected chi connectivity index (χ3v) is 3.96. The first-order valence-corrected chi connectivity index (χ1v) is 7.44. The van der Waals surface area contributed by atoms with Gasteiger partial charge in [-0.25, -0.2) is 9.97 Å². The van der Waals surface area contributed by atoms with E-state index in [1.54, 1.807) is 18.2 Å². The van der Waals surface area contributed by atoms with Crippen LogP contribution in [0.1, 0.15) is 36.1 Å². The summed E-state index contributed by atoms with van der Waals surface area (Å²) >= 11 is 9.22. The van der Waals surface area contributed by atoms with Crippen LogP contribution in [0.25, 0.3) is 0 Å². The van der Waals surface area contributed by atoms with E-state index in [0.29, 0.717) is 21.0 Å². The Hall–Kier alpha value is -1.66. The zero-order valence-corrected chi connectivity index (χ0v) is 13.9. The van der Waals surface area contributed by atoms with Crippen LogP contribution in [-0.4, -0.2) is 15.9 Å². The van der Waals surface area contributed by atoms with Crippen LogP contribution in [0, 0.1) is 0 Å². The number of nitrogens with zero attached hydrogens (tertiary/aromatic N) is 2. The number of nitrogen functional groups attached to an aromatic ring is 1. The molecule has 110 valence electrons. The Kier molecular flexibility index (Phi) is 4.80. The molecule has 0 aliphatic heterocycles. The Morgan fingerprint density at radius 1 is 1.43 bits per heavy atom. The van der Waals surface area contributed by atoms with Crippen molar-refractivity contribution in [3.63, 3.8) is 0 Å². The minimum absolute atomic E-state index is 0.113. The second-order valence-electron chi connectivity index (χ2n) is 4.77. The van der Waals surface area contributed by atoms with Crippen molar-refractivity contribution in [3.8, 4) is 0 Å². The summed E-state index contributed by atoms with van der Waals surface area (Å²) in [6.45, 7) is 3.90. The minimum atomic E-state index is -0.383. The largest absolute Gasteiger partial charge is 0.396 e. The number of carbonyl (C=O) groups is 1. The highest BCUT2D eigenvalue weighted by Crippen LogP contribution is 2.26. The molecule has 7 heteroatoms. The highest BCUT2D eigenvalue weighted by molar-refractivity contribution is 9.10. The number of rotatable bonds is 3. The summed E-state index contributed by atoms with van der Waals surface area (Å²) in [5.74, 6) is 0.305. The molecule has 0 fully saturated rings.